The van der Waals surface area contributed by atoms with Gasteiger partial charge in [0.15, 0.2) is 6.61 Å². The van der Waals surface area contributed by atoms with Gasteiger partial charge in [0.25, 0.3) is 5.91 Å². The Bertz CT molecular complexity index is 1030. The largest absolute Gasteiger partial charge is 0.450 e. The summed E-state index contributed by atoms with van der Waals surface area (Å²) < 4.78 is 49.9. The van der Waals surface area contributed by atoms with Crippen LogP contribution < -0.4 is 5.32 Å². The van der Waals surface area contributed by atoms with Crippen molar-refractivity contribution in [1.29, 1.82) is 0 Å². The summed E-state index contributed by atoms with van der Waals surface area (Å²) in [5.41, 5.74) is 0.666. The molecule has 3 aromatic rings. The molecule has 150 valence electrons. The standard InChI is InChI=1S/C21H16F3NO4/c1-12(16-7-6-15(23)10-17(16)24)25-20(26)11-28-21(27)19-9-8-18(29-19)13-2-4-14(22)5-3-13/h2-10,12H,11H2,1H3,(H,25,26). The normalized spacial score (nSPS) is 11.7. The van der Waals surface area contributed by atoms with E-state index in [0.29, 0.717) is 17.4 Å². The van der Waals surface area contributed by atoms with Crippen LogP contribution in [0.15, 0.2) is 59.0 Å². The number of ether oxygens (including phenoxy) is 1. The number of nitrogens with one attached hydrogen (secondary N) is 1. The smallest absolute Gasteiger partial charge is 0.374 e. The van der Waals surface area contributed by atoms with Gasteiger partial charge in [0.1, 0.15) is 23.2 Å². The SMILES string of the molecule is CC(NC(=O)COC(=O)c1ccc(-c2ccc(F)cc2)o1)c1ccc(F)cc1F. The summed E-state index contributed by atoms with van der Waals surface area (Å²) in [6.07, 6.45) is 0. The summed E-state index contributed by atoms with van der Waals surface area (Å²) in [5, 5.41) is 2.45. The van der Waals surface area contributed by atoms with Gasteiger partial charge in [0, 0.05) is 17.2 Å². The van der Waals surface area contributed by atoms with Gasteiger partial charge in [-0.25, -0.2) is 18.0 Å². The highest BCUT2D eigenvalue weighted by atomic mass is 19.1. The van der Waals surface area contributed by atoms with Gasteiger partial charge < -0.3 is 14.5 Å². The van der Waals surface area contributed by atoms with Crippen LogP contribution in [0.25, 0.3) is 11.3 Å². The molecule has 1 atom stereocenters. The predicted molar refractivity (Wildman–Crippen MR) is 97.3 cm³/mol. The number of furan rings is 1. The van der Waals surface area contributed by atoms with E-state index in [1.54, 1.807) is 0 Å². The molecule has 2 aromatic carbocycles. The topological polar surface area (TPSA) is 68.5 Å². The lowest BCUT2D eigenvalue weighted by Gasteiger charge is -2.15. The number of halogens is 3. The van der Waals surface area contributed by atoms with E-state index in [0.717, 1.165) is 6.07 Å². The molecule has 8 heteroatoms. The van der Waals surface area contributed by atoms with Crippen LogP contribution in [0.3, 0.4) is 0 Å². The first kappa shape index (κ1) is 20.2. The Morgan fingerprint density at radius 3 is 2.38 bits per heavy atom. The van der Waals surface area contributed by atoms with Crippen molar-refractivity contribution in [3.05, 3.63) is 83.4 Å². The molecule has 1 amide bonds. The maximum Gasteiger partial charge on any atom is 0.374 e. The Hall–Kier alpha value is -3.55. The summed E-state index contributed by atoms with van der Waals surface area (Å²) in [4.78, 5) is 24.0. The van der Waals surface area contributed by atoms with E-state index < -0.39 is 42.0 Å². The fraction of sp³-hybridized carbons (Fsp3) is 0.143. The third kappa shape index (κ3) is 5.04. The molecule has 1 unspecified atom stereocenters. The molecular weight excluding hydrogens is 387 g/mol. The van der Waals surface area contributed by atoms with Crippen molar-refractivity contribution in [1.82, 2.24) is 5.32 Å². The minimum Gasteiger partial charge on any atom is -0.450 e. The van der Waals surface area contributed by atoms with Crippen LogP contribution in [0.4, 0.5) is 13.2 Å². The fourth-order valence-electron chi connectivity index (χ4n) is 2.63. The molecule has 1 N–H and O–H groups in total. The number of carbonyl (C=O) groups is 2. The summed E-state index contributed by atoms with van der Waals surface area (Å²) in [7, 11) is 0. The molecular formula is C21H16F3NO4. The van der Waals surface area contributed by atoms with E-state index in [9.17, 15) is 22.8 Å². The van der Waals surface area contributed by atoms with Crippen molar-refractivity contribution in [3.8, 4) is 11.3 Å². The number of carbonyl (C=O) groups excluding carboxylic acids is 2. The van der Waals surface area contributed by atoms with Gasteiger partial charge in [0.2, 0.25) is 5.76 Å². The number of rotatable bonds is 6. The minimum atomic E-state index is -0.867. The van der Waals surface area contributed by atoms with E-state index in [-0.39, 0.29) is 11.3 Å². The van der Waals surface area contributed by atoms with Crippen LogP contribution >= 0.6 is 0 Å². The quantitative estimate of drug-likeness (QED) is 0.620. The number of hydrogen-bond acceptors (Lipinski definition) is 4. The van der Waals surface area contributed by atoms with E-state index in [1.807, 2.05) is 0 Å². The molecule has 0 bridgehead atoms. The number of hydrogen-bond donors (Lipinski definition) is 1. The third-order valence-corrected chi connectivity index (χ3v) is 4.08. The summed E-state index contributed by atoms with van der Waals surface area (Å²) in [6, 6.07) is 10.6. The average molecular weight is 403 g/mol. The van der Waals surface area contributed by atoms with Crippen molar-refractivity contribution in [3.63, 3.8) is 0 Å². The zero-order valence-corrected chi connectivity index (χ0v) is 15.2. The van der Waals surface area contributed by atoms with Crippen molar-refractivity contribution in [2.45, 2.75) is 13.0 Å². The van der Waals surface area contributed by atoms with Crippen LogP contribution in [-0.2, 0) is 9.53 Å². The lowest BCUT2D eigenvalue weighted by Crippen LogP contribution is -2.31. The van der Waals surface area contributed by atoms with Crippen LogP contribution in [0, 0.1) is 17.5 Å². The zero-order chi connectivity index (χ0) is 21.0. The van der Waals surface area contributed by atoms with Gasteiger partial charge in [-0.05, 0) is 49.4 Å². The summed E-state index contributed by atoms with van der Waals surface area (Å²) in [6.45, 7) is 0.899. The first-order valence-corrected chi connectivity index (χ1v) is 8.60. The second-order valence-corrected chi connectivity index (χ2v) is 6.20. The van der Waals surface area contributed by atoms with E-state index in [1.165, 1.54) is 49.4 Å². The Labute approximate surface area is 164 Å². The predicted octanol–water partition coefficient (Wildman–Crippen LogP) is 4.40. The van der Waals surface area contributed by atoms with Crippen molar-refractivity contribution in [2.75, 3.05) is 6.61 Å². The highest BCUT2D eigenvalue weighted by Crippen LogP contribution is 2.23. The molecule has 3 rings (SSSR count). The maximum atomic E-state index is 13.7. The Morgan fingerprint density at radius 2 is 1.69 bits per heavy atom. The van der Waals surface area contributed by atoms with Crippen molar-refractivity contribution in [2.24, 2.45) is 0 Å². The highest BCUT2D eigenvalue weighted by Gasteiger charge is 2.18. The second-order valence-electron chi connectivity index (χ2n) is 6.20. The van der Waals surface area contributed by atoms with Gasteiger partial charge in [-0.1, -0.05) is 6.07 Å². The maximum absolute atomic E-state index is 13.7. The summed E-state index contributed by atoms with van der Waals surface area (Å²) in [5.74, 6) is -3.25. The summed E-state index contributed by atoms with van der Waals surface area (Å²) >= 11 is 0. The van der Waals surface area contributed by atoms with Gasteiger partial charge in [0.05, 0.1) is 6.04 Å². The van der Waals surface area contributed by atoms with Gasteiger partial charge in [-0.15, -0.1) is 0 Å². The molecule has 1 aromatic heterocycles. The lowest BCUT2D eigenvalue weighted by molar-refractivity contribution is -0.124. The molecule has 1 heterocycles. The molecule has 0 aliphatic heterocycles. The molecule has 0 aliphatic carbocycles. The lowest BCUT2D eigenvalue weighted by atomic mass is 10.1. The van der Waals surface area contributed by atoms with Crippen LogP contribution in [0.1, 0.15) is 29.1 Å². The van der Waals surface area contributed by atoms with Gasteiger partial charge >= 0.3 is 5.97 Å². The number of benzene rings is 2. The number of amides is 1. The third-order valence-electron chi connectivity index (χ3n) is 4.08. The molecule has 0 fully saturated rings. The zero-order valence-electron chi connectivity index (χ0n) is 15.2. The molecule has 0 aliphatic rings. The first-order valence-electron chi connectivity index (χ1n) is 8.60. The molecule has 0 radical (unpaired) electrons. The average Bonchev–Trinajstić information content (AvgIpc) is 3.17. The van der Waals surface area contributed by atoms with E-state index in [4.69, 9.17) is 9.15 Å². The molecule has 0 spiro atoms. The van der Waals surface area contributed by atoms with Crippen LogP contribution in [0.5, 0.6) is 0 Å². The van der Waals surface area contributed by atoms with Crippen molar-refractivity contribution >= 4 is 11.9 Å². The minimum absolute atomic E-state index is 0.0982. The number of esters is 1. The molecule has 5 nitrogen and oxygen atoms in total. The Kier molecular flexibility index (Phi) is 6.01. The van der Waals surface area contributed by atoms with E-state index >= 15 is 0 Å². The van der Waals surface area contributed by atoms with E-state index in [2.05, 4.69) is 5.32 Å². The fourth-order valence-corrected chi connectivity index (χ4v) is 2.63. The monoisotopic (exact) mass is 403 g/mol. The first-order chi connectivity index (χ1) is 13.8. The Morgan fingerprint density at radius 1 is 1.00 bits per heavy atom. The van der Waals surface area contributed by atoms with Gasteiger partial charge in [-0.2, -0.15) is 0 Å². The molecule has 0 saturated carbocycles. The van der Waals surface area contributed by atoms with Crippen LogP contribution in [0.2, 0.25) is 0 Å². The van der Waals surface area contributed by atoms with Crippen LogP contribution in [-0.4, -0.2) is 18.5 Å². The molecule has 0 saturated heterocycles. The Balaban J connectivity index is 1.55. The second kappa shape index (κ2) is 8.64. The molecule has 29 heavy (non-hydrogen) atoms. The highest BCUT2D eigenvalue weighted by molar-refractivity contribution is 5.89. The van der Waals surface area contributed by atoms with Crippen molar-refractivity contribution < 1.29 is 31.9 Å². The van der Waals surface area contributed by atoms with Gasteiger partial charge in [-0.3, -0.25) is 4.79 Å².